The molecule has 4 rings (SSSR count). The molecule has 3 aliphatic rings. The number of hydrogen-bond donors (Lipinski definition) is 1. The number of ether oxygens (including phenoxy) is 1. The summed E-state index contributed by atoms with van der Waals surface area (Å²) in [6.45, 7) is 4.01. The lowest BCUT2D eigenvalue weighted by molar-refractivity contribution is -0.135. The number of carbonyl (C=O) groups excluding carboxylic acids is 2. The third-order valence-corrected chi connectivity index (χ3v) is 5.54. The monoisotopic (exact) mass is 357 g/mol. The van der Waals surface area contributed by atoms with Gasteiger partial charge in [-0.3, -0.25) is 9.59 Å². The quantitative estimate of drug-likeness (QED) is 0.868. The number of benzene rings is 1. The fourth-order valence-corrected chi connectivity index (χ4v) is 3.83. The summed E-state index contributed by atoms with van der Waals surface area (Å²) >= 11 is 0. The molecule has 3 fully saturated rings. The van der Waals surface area contributed by atoms with Gasteiger partial charge in [0, 0.05) is 32.2 Å². The molecule has 6 nitrogen and oxygen atoms in total. The Balaban J connectivity index is 1.44. The van der Waals surface area contributed by atoms with Crippen molar-refractivity contribution in [3.63, 3.8) is 0 Å². The molecule has 6 heteroatoms. The number of rotatable bonds is 5. The molecule has 2 aliphatic heterocycles. The maximum atomic E-state index is 13.1. The van der Waals surface area contributed by atoms with E-state index in [1.165, 1.54) is 12.8 Å². The Hall–Kier alpha value is -2.08. The first-order valence-corrected chi connectivity index (χ1v) is 9.73. The number of likely N-dealkylation sites (tertiary alicyclic amines) is 1. The summed E-state index contributed by atoms with van der Waals surface area (Å²) in [6.07, 6.45) is 4.35. The van der Waals surface area contributed by atoms with Gasteiger partial charge in [0.2, 0.25) is 5.91 Å². The summed E-state index contributed by atoms with van der Waals surface area (Å²) in [7, 11) is 0. The largest absolute Gasteiger partial charge is 0.492 e. The maximum Gasteiger partial charge on any atom is 0.257 e. The minimum atomic E-state index is 0.0173. The molecule has 0 aromatic heterocycles. The fourth-order valence-electron chi connectivity index (χ4n) is 3.83. The standard InChI is InChI=1S/C20H27N3O3/c24-19-12-21-9-11-23(19)16-4-3-10-22(13-16)20(25)17-5-1-2-6-18(17)26-14-15-7-8-15/h1-2,5-6,15-16,21H,3-4,7-14H2. The number of piperazine rings is 1. The van der Waals surface area contributed by atoms with Crippen molar-refractivity contribution in [2.45, 2.75) is 31.7 Å². The van der Waals surface area contributed by atoms with Crippen molar-refractivity contribution in [3.05, 3.63) is 29.8 Å². The first-order chi connectivity index (χ1) is 12.7. The molecule has 1 N–H and O–H groups in total. The van der Waals surface area contributed by atoms with E-state index in [1.54, 1.807) is 0 Å². The van der Waals surface area contributed by atoms with Gasteiger partial charge in [0.15, 0.2) is 0 Å². The Bertz CT molecular complexity index is 674. The minimum Gasteiger partial charge on any atom is -0.492 e. The van der Waals surface area contributed by atoms with Crippen molar-refractivity contribution in [2.75, 3.05) is 39.3 Å². The highest BCUT2D eigenvalue weighted by atomic mass is 16.5. The van der Waals surface area contributed by atoms with Crippen molar-refractivity contribution in [3.8, 4) is 5.75 Å². The Morgan fingerprint density at radius 1 is 1.19 bits per heavy atom. The van der Waals surface area contributed by atoms with Crippen LogP contribution in [0, 0.1) is 5.92 Å². The van der Waals surface area contributed by atoms with E-state index in [0.717, 1.165) is 32.5 Å². The summed E-state index contributed by atoms with van der Waals surface area (Å²) in [6, 6.07) is 7.67. The van der Waals surface area contributed by atoms with Crippen LogP contribution in [0.15, 0.2) is 24.3 Å². The number of nitrogens with zero attached hydrogens (tertiary/aromatic N) is 2. The molecule has 0 bridgehead atoms. The van der Waals surface area contributed by atoms with Gasteiger partial charge in [-0.15, -0.1) is 0 Å². The first kappa shape index (κ1) is 17.3. The van der Waals surface area contributed by atoms with Gasteiger partial charge in [0.1, 0.15) is 5.75 Å². The second-order valence-electron chi connectivity index (χ2n) is 7.56. The van der Waals surface area contributed by atoms with Crippen molar-refractivity contribution >= 4 is 11.8 Å². The number of nitrogens with one attached hydrogen (secondary N) is 1. The zero-order valence-electron chi connectivity index (χ0n) is 15.2. The topological polar surface area (TPSA) is 61.9 Å². The molecule has 1 saturated carbocycles. The number of para-hydroxylation sites is 1. The van der Waals surface area contributed by atoms with Crippen LogP contribution in [0.2, 0.25) is 0 Å². The average molecular weight is 357 g/mol. The third-order valence-electron chi connectivity index (χ3n) is 5.54. The van der Waals surface area contributed by atoms with Gasteiger partial charge in [0.25, 0.3) is 5.91 Å². The third kappa shape index (κ3) is 3.85. The molecule has 1 aromatic rings. The normalized spacial score (nSPS) is 23.8. The molecule has 2 heterocycles. The lowest BCUT2D eigenvalue weighted by atomic mass is 10.0. The predicted molar refractivity (Wildman–Crippen MR) is 98.2 cm³/mol. The molecular formula is C20H27N3O3. The Kier molecular flexibility index (Phi) is 5.11. The van der Waals surface area contributed by atoms with E-state index in [2.05, 4.69) is 5.32 Å². The van der Waals surface area contributed by atoms with Crippen LogP contribution >= 0.6 is 0 Å². The average Bonchev–Trinajstić information content (AvgIpc) is 3.51. The molecule has 2 saturated heterocycles. The molecule has 1 aliphatic carbocycles. The molecule has 1 atom stereocenters. The highest BCUT2D eigenvalue weighted by Crippen LogP contribution is 2.31. The second-order valence-corrected chi connectivity index (χ2v) is 7.56. The van der Waals surface area contributed by atoms with E-state index in [4.69, 9.17) is 4.74 Å². The molecule has 140 valence electrons. The van der Waals surface area contributed by atoms with E-state index < -0.39 is 0 Å². The molecule has 1 unspecified atom stereocenters. The van der Waals surface area contributed by atoms with Gasteiger partial charge in [-0.1, -0.05) is 12.1 Å². The van der Waals surface area contributed by atoms with Gasteiger partial charge in [-0.2, -0.15) is 0 Å². The van der Waals surface area contributed by atoms with E-state index in [0.29, 0.717) is 36.9 Å². The zero-order chi connectivity index (χ0) is 17.9. The molecule has 2 amide bonds. The van der Waals surface area contributed by atoms with Gasteiger partial charge in [0.05, 0.1) is 18.7 Å². The van der Waals surface area contributed by atoms with Crippen LogP contribution in [0.4, 0.5) is 0 Å². The summed E-state index contributed by atoms with van der Waals surface area (Å²) in [5.74, 6) is 1.49. The minimum absolute atomic E-state index is 0.0173. The first-order valence-electron chi connectivity index (χ1n) is 9.73. The Morgan fingerprint density at radius 2 is 2.04 bits per heavy atom. The van der Waals surface area contributed by atoms with Crippen molar-refractivity contribution in [1.82, 2.24) is 15.1 Å². The van der Waals surface area contributed by atoms with Crippen LogP contribution in [0.25, 0.3) is 0 Å². The SMILES string of the molecule is O=C(c1ccccc1OCC1CC1)N1CCCC(N2CCNCC2=O)C1. The Labute approximate surface area is 154 Å². The van der Waals surface area contributed by atoms with E-state index in [-0.39, 0.29) is 17.9 Å². The Morgan fingerprint density at radius 3 is 2.85 bits per heavy atom. The van der Waals surface area contributed by atoms with Gasteiger partial charge < -0.3 is 19.9 Å². The van der Waals surface area contributed by atoms with Crippen LogP contribution in [-0.4, -0.2) is 67.0 Å². The van der Waals surface area contributed by atoms with Crippen LogP contribution in [-0.2, 0) is 4.79 Å². The lowest BCUT2D eigenvalue weighted by Crippen LogP contribution is -2.57. The molecule has 26 heavy (non-hydrogen) atoms. The van der Waals surface area contributed by atoms with E-state index in [1.807, 2.05) is 34.1 Å². The van der Waals surface area contributed by atoms with E-state index >= 15 is 0 Å². The number of amides is 2. The van der Waals surface area contributed by atoms with Crippen LogP contribution in [0.1, 0.15) is 36.0 Å². The molecule has 0 spiro atoms. The van der Waals surface area contributed by atoms with Gasteiger partial charge >= 0.3 is 0 Å². The maximum absolute atomic E-state index is 13.1. The summed E-state index contributed by atoms with van der Waals surface area (Å²) < 4.78 is 5.91. The molecule has 0 radical (unpaired) electrons. The molecule has 1 aromatic carbocycles. The predicted octanol–water partition coefficient (Wildman–Crippen LogP) is 1.51. The summed E-state index contributed by atoms with van der Waals surface area (Å²) in [4.78, 5) is 29.2. The molecular weight excluding hydrogens is 330 g/mol. The zero-order valence-corrected chi connectivity index (χ0v) is 15.2. The van der Waals surface area contributed by atoms with Crippen LogP contribution < -0.4 is 10.1 Å². The second kappa shape index (κ2) is 7.66. The van der Waals surface area contributed by atoms with Crippen molar-refractivity contribution < 1.29 is 14.3 Å². The van der Waals surface area contributed by atoms with Crippen molar-refractivity contribution in [2.24, 2.45) is 5.92 Å². The van der Waals surface area contributed by atoms with Crippen LogP contribution in [0.5, 0.6) is 5.75 Å². The summed E-state index contributed by atoms with van der Waals surface area (Å²) in [5, 5.41) is 3.11. The van der Waals surface area contributed by atoms with Gasteiger partial charge in [-0.25, -0.2) is 0 Å². The lowest BCUT2D eigenvalue weighted by Gasteiger charge is -2.41. The fraction of sp³-hybridized carbons (Fsp3) is 0.600. The van der Waals surface area contributed by atoms with E-state index in [9.17, 15) is 9.59 Å². The van der Waals surface area contributed by atoms with Crippen LogP contribution in [0.3, 0.4) is 0 Å². The smallest absolute Gasteiger partial charge is 0.257 e. The van der Waals surface area contributed by atoms with Gasteiger partial charge in [-0.05, 0) is 43.7 Å². The number of carbonyl (C=O) groups is 2. The number of hydrogen-bond acceptors (Lipinski definition) is 4. The summed E-state index contributed by atoms with van der Waals surface area (Å²) in [5.41, 5.74) is 0.639. The highest BCUT2D eigenvalue weighted by molar-refractivity contribution is 5.97. The van der Waals surface area contributed by atoms with Crippen molar-refractivity contribution in [1.29, 1.82) is 0 Å². The highest BCUT2D eigenvalue weighted by Gasteiger charge is 2.32. The number of piperidine rings is 1.